The average molecular weight is 529 g/mol. The van der Waals surface area contributed by atoms with Crippen molar-refractivity contribution in [3.05, 3.63) is 82.9 Å². The smallest absolute Gasteiger partial charge is 0.258 e. The molecule has 5 rings (SSSR count). The molecule has 3 aromatic carbocycles. The van der Waals surface area contributed by atoms with Crippen LogP contribution in [0.1, 0.15) is 60.7 Å². The number of nitrogens with zero attached hydrogens (tertiary/aromatic N) is 2. The molecule has 0 unspecified atom stereocenters. The molecule has 1 spiro atoms. The maximum atomic E-state index is 13.8. The minimum Gasteiger partial charge on any atom is -0.497 e. The zero-order chi connectivity index (χ0) is 27.8. The first kappa shape index (κ1) is 27.1. The van der Waals surface area contributed by atoms with Crippen molar-refractivity contribution in [1.82, 2.24) is 4.90 Å². The topological polar surface area (TPSA) is 51.2 Å². The first-order valence-electron chi connectivity index (χ1n) is 13.7. The lowest BCUT2D eigenvalue weighted by atomic mass is 9.74. The minimum atomic E-state index is -0.0946. The van der Waals surface area contributed by atoms with Crippen LogP contribution >= 0.6 is 0 Å². The van der Waals surface area contributed by atoms with E-state index in [0.29, 0.717) is 23.6 Å². The van der Waals surface area contributed by atoms with Gasteiger partial charge in [0.1, 0.15) is 5.75 Å². The first-order chi connectivity index (χ1) is 18.7. The van der Waals surface area contributed by atoms with E-state index in [-0.39, 0.29) is 16.7 Å². The second kappa shape index (κ2) is 10.6. The van der Waals surface area contributed by atoms with E-state index in [2.05, 4.69) is 56.0 Å². The number of ether oxygens (including phenoxy) is 3. The Balaban J connectivity index is 1.36. The second-order valence-corrected chi connectivity index (χ2v) is 11.8. The van der Waals surface area contributed by atoms with E-state index < -0.39 is 0 Å². The summed E-state index contributed by atoms with van der Waals surface area (Å²) in [4.78, 5) is 18.3. The number of likely N-dealkylation sites (tertiary alicyclic amines) is 1. The van der Waals surface area contributed by atoms with Crippen molar-refractivity contribution in [2.75, 3.05) is 45.9 Å². The molecule has 0 aromatic heterocycles. The number of carbonyl (C=O) groups is 1. The van der Waals surface area contributed by atoms with Crippen molar-refractivity contribution < 1.29 is 19.0 Å². The van der Waals surface area contributed by atoms with Gasteiger partial charge in [0.05, 0.1) is 21.3 Å². The predicted molar refractivity (Wildman–Crippen MR) is 156 cm³/mol. The Morgan fingerprint density at radius 2 is 1.54 bits per heavy atom. The van der Waals surface area contributed by atoms with Crippen LogP contribution in [-0.4, -0.2) is 51.8 Å². The molecule has 1 amide bonds. The summed E-state index contributed by atoms with van der Waals surface area (Å²) in [7, 11) is 4.88. The summed E-state index contributed by atoms with van der Waals surface area (Å²) >= 11 is 0. The molecule has 0 atom stereocenters. The van der Waals surface area contributed by atoms with Gasteiger partial charge in [0, 0.05) is 29.8 Å². The summed E-state index contributed by atoms with van der Waals surface area (Å²) < 4.78 is 16.4. The van der Waals surface area contributed by atoms with Crippen molar-refractivity contribution >= 4 is 11.6 Å². The molecule has 0 bridgehead atoms. The highest BCUT2D eigenvalue weighted by atomic mass is 16.5. The van der Waals surface area contributed by atoms with Crippen LogP contribution in [0.4, 0.5) is 5.69 Å². The van der Waals surface area contributed by atoms with E-state index in [4.69, 9.17) is 14.2 Å². The Kier molecular flexibility index (Phi) is 7.34. The quantitative estimate of drug-likeness (QED) is 0.381. The van der Waals surface area contributed by atoms with Gasteiger partial charge in [-0.1, -0.05) is 45.0 Å². The number of methoxy groups -OCH3 is 3. The zero-order valence-electron chi connectivity index (χ0n) is 24.0. The molecular weight excluding hydrogens is 488 g/mol. The molecule has 2 heterocycles. The molecule has 1 saturated heterocycles. The zero-order valence-corrected chi connectivity index (χ0v) is 24.0. The third-order valence-electron chi connectivity index (χ3n) is 8.44. The molecule has 39 heavy (non-hydrogen) atoms. The average Bonchev–Trinajstić information content (AvgIpc) is 3.26. The van der Waals surface area contributed by atoms with E-state index in [9.17, 15) is 4.79 Å². The standard InChI is InChI=1S/C33H40N2O4/c1-32(2,3)25-10-7-23(8-11-25)21-34-17-15-33(16-18-34)22-35(28-13-12-26(37-4)20-27(28)33)31(36)24-9-14-29(38-5)30(19-24)39-6/h7-14,19-20H,15-18,21-22H2,1-6H3. The van der Waals surface area contributed by atoms with Crippen LogP contribution in [-0.2, 0) is 17.4 Å². The van der Waals surface area contributed by atoms with E-state index in [1.54, 1.807) is 33.5 Å². The van der Waals surface area contributed by atoms with Gasteiger partial charge >= 0.3 is 0 Å². The van der Waals surface area contributed by atoms with Gasteiger partial charge in [-0.25, -0.2) is 0 Å². The van der Waals surface area contributed by atoms with Gasteiger partial charge in [0.25, 0.3) is 5.91 Å². The Hall–Kier alpha value is -3.51. The minimum absolute atomic E-state index is 0.0272. The summed E-state index contributed by atoms with van der Waals surface area (Å²) in [5, 5.41) is 0. The van der Waals surface area contributed by atoms with Gasteiger partial charge in [0.15, 0.2) is 11.5 Å². The third kappa shape index (κ3) is 5.22. The number of amides is 1. The number of fused-ring (bicyclic) bond motifs is 2. The molecule has 1 fully saturated rings. The molecular formula is C33H40N2O4. The molecule has 206 valence electrons. The molecule has 3 aromatic rings. The van der Waals surface area contributed by atoms with Crippen molar-refractivity contribution in [2.24, 2.45) is 0 Å². The van der Waals surface area contributed by atoms with Crippen LogP contribution in [0, 0.1) is 0 Å². The molecule has 0 radical (unpaired) electrons. The van der Waals surface area contributed by atoms with Crippen LogP contribution in [0.5, 0.6) is 17.2 Å². The number of piperidine rings is 1. The fraction of sp³-hybridized carbons (Fsp3) is 0.424. The monoisotopic (exact) mass is 528 g/mol. The molecule has 2 aliphatic rings. The number of carbonyl (C=O) groups excluding carboxylic acids is 1. The molecule has 0 N–H and O–H groups in total. The molecule has 0 saturated carbocycles. The van der Waals surface area contributed by atoms with Crippen molar-refractivity contribution in [1.29, 1.82) is 0 Å². The lowest BCUT2D eigenvalue weighted by molar-refractivity contribution is 0.0975. The van der Waals surface area contributed by atoms with Gasteiger partial charge in [-0.2, -0.15) is 0 Å². The highest BCUT2D eigenvalue weighted by Gasteiger charge is 2.46. The fourth-order valence-electron chi connectivity index (χ4n) is 6.02. The predicted octanol–water partition coefficient (Wildman–Crippen LogP) is 6.20. The van der Waals surface area contributed by atoms with E-state index >= 15 is 0 Å². The van der Waals surface area contributed by atoms with Gasteiger partial charge in [-0.3, -0.25) is 9.69 Å². The maximum Gasteiger partial charge on any atom is 0.258 e. The number of benzene rings is 3. The number of hydrogen-bond donors (Lipinski definition) is 0. The molecule has 6 heteroatoms. The Bertz CT molecular complexity index is 1330. The largest absolute Gasteiger partial charge is 0.497 e. The molecule has 2 aliphatic heterocycles. The summed E-state index contributed by atoms with van der Waals surface area (Å²) in [5.41, 5.74) is 5.54. The molecule has 6 nitrogen and oxygen atoms in total. The van der Waals surface area contributed by atoms with Crippen LogP contribution in [0.15, 0.2) is 60.7 Å². The second-order valence-electron chi connectivity index (χ2n) is 11.8. The van der Waals surface area contributed by atoms with Gasteiger partial charge < -0.3 is 19.1 Å². The first-order valence-corrected chi connectivity index (χ1v) is 13.7. The van der Waals surface area contributed by atoms with Crippen molar-refractivity contribution in [3.63, 3.8) is 0 Å². The van der Waals surface area contributed by atoms with E-state index in [1.165, 1.54) is 16.7 Å². The Morgan fingerprint density at radius 3 is 2.15 bits per heavy atom. The Morgan fingerprint density at radius 1 is 0.846 bits per heavy atom. The summed E-state index contributed by atoms with van der Waals surface area (Å²) in [6.45, 7) is 10.3. The lowest BCUT2D eigenvalue weighted by Gasteiger charge is -2.40. The van der Waals surface area contributed by atoms with Crippen molar-refractivity contribution in [2.45, 2.75) is 51.0 Å². The van der Waals surface area contributed by atoms with Crippen LogP contribution in [0.25, 0.3) is 0 Å². The van der Waals surface area contributed by atoms with Gasteiger partial charge in [-0.15, -0.1) is 0 Å². The van der Waals surface area contributed by atoms with Crippen LogP contribution < -0.4 is 19.1 Å². The number of hydrogen-bond acceptors (Lipinski definition) is 5. The fourth-order valence-corrected chi connectivity index (χ4v) is 6.02. The number of anilines is 1. The summed E-state index contributed by atoms with van der Waals surface area (Å²) in [6.07, 6.45) is 1.98. The highest BCUT2D eigenvalue weighted by molar-refractivity contribution is 6.08. The van der Waals surface area contributed by atoms with Gasteiger partial charge in [0.2, 0.25) is 0 Å². The van der Waals surface area contributed by atoms with Crippen molar-refractivity contribution in [3.8, 4) is 17.2 Å². The van der Waals surface area contributed by atoms with Gasteiger partial charge in [-0.05, 0) is 84.4 Å². The Labute approximate surface area is 232 Å². The lowest BCUT2D eigenvalue weighted by Crippen LogP contribution is -2.45. The maximum absolute atomic E-state index is 13.8. The summed E-state index contributed by atoms with van der Waals surface area (Å²) in [6, 6.07) is 20.5. The van der Waals surface area contributed by atoms with Crippen LogP contribution in [0.3, 0.4) is 0 Å². The molecule has 0 aliphatic carbocycles. The van der Waals surface area contributed by atoms with Crippen LogP contribution in [0.2, 0.25) is 0 Å². The third-order valence-corrected chi connectivity index (χ3v) is 8.44. The number of rotatable bonds is 6. The van der Waals surface area contributed by atoms with E-state index in [0.717, 1.165) is 43.9 Å². The SMILES string of the molecule is COc1ccc2c(c1)C1(CCN(Cc3ccc(C(C)(C)C)cc3)CC1)CN2C(=O)c1ccc(OC)c(OC)c1. The highest BCUT2D eigenvalue weighted by Crippen LogP contribution is 2.49. The summed E-state index contributed by atoms with van der Waals surface area (Å²) in [5.74, 6) is 1.96. The normalized spacial score (nSPS) is 16.7. The van der Waals surface area contributed by atoms with E-state index in [1.807, 2.05) is 23.1 Å².